The molecule has 0 aromatic carbocycles. The topological polar surface area (TPSA) is 12.0 Å². The standard InChI is InChI=1S/C7H11N/c1-2-6-4-8-5-7(6)3-1/h4,7-8H,1-3,5H2. The minimum Gasteiger partial charge on any atom is -0.390 e. The predicted octanol–water partition coefficient (Wildman–Crippen LogP) is 1.27. The van der Waals surface area contributed by atoms with Gasteiger partial charge in [-0.3, -0.25) is 0 Å². The van der Waals surface area contributed by atoms with Crippen LogP contribution in [0.1, 0.15) is 19.3 Å². The molecule has 0 spiro atoms. The Morgan fingerprint density at radius 1 is 1.62 bits per heavy atom. The van der Waals surface area contributed by atoms with Gasteiger partial charge in [-0.2, -0.15) is 0 Å². The van der Waals surface area contributed by atoms with Crippen molar-refractivity contribution in [3.8, 4) is 0 Å². The van der Waals surface area contributed by atoms with Gasteiger partial charge in [-0.1, -0.05) is 0 Å². The third-order valence-electron chi connectivity index (χ3n) is 2.19. The Bertz CT molecular complexity index is 126. The molecule has 1 fully saturated rings. The number of fused-ring (bicyclic) bond motifs is 1. The molecule has 0 radical (unpaired) electrons. The average Bonchev–Trinajstić information content (AvgIpc) is 2.15. The van der Waals surface area contributed by atoms with Crippen molar-refractivity contribution in [1.82, 2.24) is 5.32 Å². The lowest BCUT2D eigenvalue weighted by Crippen LogP contribution is -2.06. The first-order valence-electron chi connectivity index (χ1n) is 3.39. The van der Waals surface area contributed by atoms with E-state index in [-0.39, 0.29) is 0 Å². The molecule has 0 aromatic rings. The molecule has 2 rings (SSSR count). The molecule has 1 aliphatic heterocycles. The van der Waals surface area contributed by atoms with E-state index in [4.69, 9.17) is 0 Å². The van der Waals surface area contributed by atoms with Crippen molar-refractivity contribution in [2.45, 2.75) is 19.3 Å². The minimum absolute atomic E-state index is 0.926. The highest BCUT2D eigenvalue weighted by Gasteiger charge is 2.23. The van der Waals surface area contributed by atoms with E-state index in [0.717, 1.165) is 5.92 Å². The molecule has 1 saturated carbocycles. The number of nitrogens with one attached hydrogen (secondary N) is 1. The Morgan fingerprint density at radius 2 is 2.62 bits per heavy atom. The summed E-state index contributed by atoms with van der Waals surface area (Å²) in [6, 6.07) is 0. The van der Waals surface area contributed by atoms with Crippen molar-refractivity contribution in [2.24, 2.45) is 5.92 Å². The van der Waals surface area contributed by atoms with Crippen LogP contribution in [0.2, 0.25) is 0 Å². The fourth-order valence-electron chi connectivity index (χ4n) is 1.70. The maximum atomic E-state index is 3.26. The van der Waals surface area contributed by atoms with Gasteiger partial charge in [-0.25, -0.2) is 0 Å². The molecule has 8 heavy (non-hydrogen) atoms. The molecule has 1 N–H and O–H groups in total. The third-order valence-corrected chi connectivity index (χ3v) is 2.19. The summed E-state index contributed by atoms with van der Waals surface area (Å²) < 4.78 is 0. The van der Waals surface area contributed by atoms with Crippen LogP contribution in [0.5, 0.6) is 0 Å². The van der Waals surface area contributed by atoms with Crippen LogP contribution in [0.15, 0.2) is 11.8 Å². The second kappa shape index (κ2) is 1.51. The Kier molecular flexibility index (Phi) is 0.833. The zero-order valence-electron chi connectivity index (χ0n) is 4.98. The lowest BCUT2D eigenvalue weighted by Gasteiger charge is -1.98. The summed E-state index contributed by atoms with van der Waals surface area (Å²) in [5, 5.41) is 3.26. The Labute approximate surface area is 49.8 Å². The third kappa shape index (κ3) is 0.473. The summed E-state index contributed by atoms with van der Waals surface area (Å²) in [4.78, 5) is 0. The molecule has 1 aliphatic carbocycles. The van der Waals surface area contributed by atoms with Crippen molar-refractivity contribution in [3.05, 3.63) is 11.8 Å². The van der Waals surface area contributed by atoms with E-state index in [1.54, 1.807) is 5.57 Å². The van der Waals surface area contributed by atoms with Gasteiger partial charge >= 0.3 is 0 Å². The van der Waals surface area contributed by atoms with Gasteiger partial charge in [-0.05, 0) is 37.0 Å². The first kappa shape index (κ1) is 4.42. The first-order chi connectivity index (χ1) is 3.97. The number of hydrogen-bond acceptors (Lipinski definition) is 1. The molecular weight excluding hydrogens is 98.1 g/mol. The van der Waals surface area contributed by atoms with E-state index in [9.17, 15) is 0 Å². The van der Waals surface area contributed by atoms with Crippen molar-refractivity contribution in [2.75, 3.05) is 6.54 Å². The summed E-state index contributed by atoms with van der Waals surface area (Å²) in [7, 11) is 0. The van der Waals surface area contributed by atoms with Gasteiger partial charge < -0.3 is 5.32 Å². The fourth-order valence-corrected chi connectivity index (χ4v) is 1.70. The second-order valence-corrected chi connectivity index (χ2v) is 2.72. The van der Waals surface area contributed by atoms with Crippen LogP contribution in [-0.4, -0.2) is 6.54 Å². The molecule has 1 heteroatoms. The van der Waals surface area contributed by atoms with E-state index < -0.39 is 0 Å². The SMILES string of the molecule is C1=C2CCCC2CN1. The zero-order valence-corrected chi connectivity index (χ0v) is 4.98. The number of hydrogen-bond donors (Lipinski definition) is 1. The lowest BCUT2D eigenvalue weighted by molar-refractivity contribution is 0.632. The molecule has 44 valence electrons. The molecule has 0 saturated heterocycles. The van der Waals surface area contributed by atoms with Gasteiger partial charge in [0, 0.05) is 6.54 Å². The smallest absolute Gasteiger partial charge is 0.0207 e. The Hall–Kier alpha value is -0.460. The highest BCUT2D eigenvalue weighted by Crippen LogP contribution is 2.32. The van der Waals surface area contributed by atoms with Gasteiger partial charge in [0.2, 0.25) is 0 Å². The summed E-state index contributed by atoms with van der Waals surface area (Å²) in [6.45, 7) is 1.22. The quantitative estimate of drug-likeness (QED) is 0.494. The van der Waals surface area contributed by atoms with Crippen LogP contribution in [-0.2, 0) is 0 Å². The monoisotopic (exact) mass is 109 g/mol. The van der Waals surface area contributed by atoms with Crippen LogP contribution >= 0.6 is 0 Å². The van der Waals surface area contributed by atoms with E-state index in [1.807, 2.05) is 0 Å². The van der Waals surface area contributed by atoms with Crippen LogP contribution in [0.3, 0.4) is 0 Å². The largest absolute Gasteiger partial charge is 0.390 e. The Balaban J connectivity index is 2.20. The zero-order chi connectivity index (χ0) is 5.40. The van der Waals surface area contributed by atoms with Crippen molar-refractivity contribution in [3.63, 3.8) is 0 Å². The normalized spacial score (nSPS) is 34.0. The van der Waals surface area contributed by atoms with E-state index in [2.05, 4.69) is 11.5 Å². The summed E-state index contributed by atoms with van der Waals surface area (Å²) in [5.41, 5.74) is 1.67. The predicted molar refractivity (Wildman–Crippen MR) is 33.4 cm³/mol. The molecule has 1 unspecified atom stereocenters. The highest BCUT2D eigenvalue weighted by molar-refractivity contribution is 5.15. The van der Waals surface area contributed by atoms with Gasteiger partial charge in [0.1, 0.15) is 0 Å². The van der Waals surface area contributed by atoms with E-state index in [0.29, 0.717) is 0 Å². The lowest BCUT2D eigenvalue weighted by atomic mass is 10.1. The van der Waals surface area contributed by atoms with Gasteiger partial charge in [0.05, 0.1) is 0 Å². The maximum Gasteiger partial charge on any atom is 0.0207 e. The first-order valence-corrected chi connectivity index (χ1v) is 3.39. The average molecular weight is 109 g/mol. The highest BCUT2D eigenvalue weighted by atomic mass is 14.9. The van der Waals surface area contributed by atoms with Crippen molar-refractivity contribution < 1.29 is 0 Å². The van der Waals surface area contributed by atoms with Gasteiger partial charge in [0.15, 0.2) is 0 Å². The molecule has 2 aliphatic rings. The molecule has 0 amide bonds. The molecule has 0 bridgehead atoms. The summed E-state index contributed by atoms with van der Waals surface area (Å²) in [6.07, 6.45) is 6.42. The van der Waals surface area contributed by atoms with Crippen molar-refractivity contribution >= 4 is 0 Å². The van der Waals surface area contributed by atoms with Crippen LogP contribution in [0, 0.1) is 5.92 Å². The van der Waals surface area contributed by atoms with E-state index >= 15 is 0 Å². The van der Waals surface area contributed by atoms with Gasteiger partial charge in [-0.15, -0.1) is 0 Å². The maximum absolute atomic E-state index is 3.26. The van der Waals surface area contributed by atoms with Crippen LogP contribution in [0.25, 0.3) is 0 Å². The molecular formula is C7H11N. The number of rotatable bonds is 0. The fraction of sp³-hybridized carbons (Fsp3) is 0.714. The summed E-state index contributed by atoms with van der Waals surface area (Å²) in [5.74, 6) is 0.926. The summed E-state index contributed by atoms with van der Waals surface area (Å²) >= 11 is 0. The second-order valence-electron chi connectivity index (χ2n) is 2.72. The van der Waals surface area contributed by atoms with Crippen LogP contribution < -0.4 is 5.32 Å². The Morgan fingerprint density at radius 3 is 3.50 bits per heavy atom. The molecule has 1 nitrogen and oxygen atoms in total. The van der Waals surface area contributed by atoms with Crippen molar-refractivity contribution in [1.29, 1.82) is 0 Å². The van der Waals surface area contributed by atoms with Gasteiger partial charge in [0.25, 0.3) is 0 Å². The molecule has 1 heterocycles. The molecule has 1 atom stereocenters. The van der Waals surface area contributed by atoms with Crippen LogP contribution in [0.4, 0.5) is 0 Å². The minimum atomic E-state index is 0.926. The molecule has 0 aromatic heterocycles. The van der Waals surface area contributed by atoms with E-state index in [1.165, 1.54) is 25.8 Å².